The molecule has 184 valence electrons. The first-order valence-electron chi connectivity index (χ1n) is 11.5. The van der Waals surface area contributed by atoms with Gasteiger partial charge in [-0.25, -0.2) is 13.8 Å². The van der Waals surface area contributed by atoms with Crippen molar-refractivity contribution in [1.82, 2.24) is 9.88 Å². The van der Waals surface area contributed by atoms with Crippen molar-refractivity contribution in [3.63, 3.8) is 0 Å². The molecule has 0 unspecified atom stereocenters. The predicted molar refractivity (Wildman–Crippen MR) is 131 cm³/mol. The molecule has 1 aliphatic rings. The van der Waals surface area contributed by atoms with Crippen LogP contribution in [0.15, 0.2) is 48.5 Å². The van der Waals surface area contributed by atoms with Crippen LogP contribution in [-0.2, 0) is 9.59 Å². The van der Waals surface area contributed by atoms with E-state index in [9.17, 15) is 18.4 Å². The van der Waals surface area contributed by atoms with Crippen molar-refractivity contribution in [3.8, 4) is 22.1 Å². The number of hydrogen-bond acceptors (Lipinski definition) is 5. The van der Waals surface area contributed by atoms with Crippen LogP contribution < -0.4 is 10.1 Å². The van der Waals surface area contributed by atoms with Crippen molar-refractivity contribution in [2.75, 3.05) is 5.32 Å². The van der Waals surface area contributed by atoms with E-state index in [1.165, 1.54) is 43.3 Å². The standard InChI is InChI=1S/C26H27F2N3O3S/c1-16(32)31(20-6-4-5-7-20)26(2,3)24(33)30-25-29-22(17-8-10-18(27)11-9-17)23(35-25)34-21-14-12-19(28)13-15-21/h8-15,20H,4-7H2,1-3H3,(H,29,30,33). The highest BCUT2D eigenvalue weighted by Gasteiger charge is 2.41. The number of ether oxygens (including phenoxy) is 1. The van der Waals surface area contributed by atoms with Gasteiger partial charge in [0.2, 0.25) is 11.0 Å². The Hall–Kier alpha value is -3.33. The van der Waals surface area contributed by atoms with Gasteiger partial charge in [-0.1, -0.05) is 24.2 Å². The van der Waals surface area contributed by atoms with Crippen molar-refractivity contribution >= 4 is 28.3 Å². The molecule has 1 fully saturated rings. The van der Waals surface area contributed by atoms with E-state index in [0.29, 0.717) is 22.1 Å². The molecule has 2 amide bonds. The molecule has 6 nitrogen and oxygen atoms in total. The summed E-state index contributed by atoms with van der Waals surface area (Å²) in [5.74, 6) is -0.916. The Morgan fingerprint density at radius 2 is 1.60 bits per heavy atom. The zero-order chi connectivity index (χ0) is 25.2. The van der Waals surface area contributed by atoms with Gasteiger partial charge in [0.05, 0.1) is 0 Å². The first kappa shape index (κ1) is 24.8. The molecule has 0 saturated heterocycles. The number of rotatable bonds is 7. The molecule has 4 rings (SSSR count). The Bertz CT molecular complexity index is 1200. The predicted octanol–water partition coefficient (Wildman–Crippen LogP) is 6.39. The topological polar surface area (TPSA) is 71.5 Å². The lowest BCUT2D eigenvalue weighted by Gasteiger charge is -2.40. The molecule has 0 bridgehead atoms. The number of carbonyl (C=O) groups excluding carboxylic acids is 2. The van der Waals surface area contributed by atoms with Crippen LogP contribution in [0.3, 0.4) is 0 Å². The molecule has 1 saturated carbocycles. The molecule has 0 atom stereocenters. The summed E-state index contributed by atoms with van der Waals surface area (Å²) in [5.41, 5.74) is -0.0944. The van der Waals surface area contributed by atoms with Crippen molar-refractivity contribution in [1.29, 1.82) is 0 Å². The second-order valence-electron chi connectivity index (χ2n) is 9.06. The lowest BCUT2D eigenvalue weighted by atomic mass is 9.98. The van der Waals surface area contributed by atoms with Crippen LogP contribution in [-0.4, -0.2) is 33.3 Å². The molecular weight excluding hydrogens is 472 g/mol. The van der Waals surface area contributed by atoms with E-state index in [1.54, 1.807) is 30.9 Å². The first-order valence-corrected chi connectivity index (χ1v) is 12.3. The maximum absolute atomic E-state index is 13.5. The Labute approximate surface area is 206 Å². The number of amides is 2. The number of anilines is 1. The fourth-order valence-corrected chi connectivity index (χ4v) is 5.31. The molecule has 0 spiro atoms. The number of nitrogens with zero attached hydrogens (tertiary/aromatic N) is 2. The van der Waals surface area contributed by atoms with Crippen molar-refractivity contribution < 1.29 is 23.1 Å². The summed E-state index contributed by atoms with van der Waals surface area (Å²) in [6.45, 7) is 4.94. The molecule has 2 aromatic carbocycles. The maximum Gasteiger partial charge on any atom is 0.251 e. The van der Waals surface area contributed by atoms with Crippen LogP contribution in [0.5, 0.6) is 10.8 Å². The third-order valence-electron chi connectivity index (χ3n) is 6.15. The van der Waals surface area contributed by atoms with E-state index >= 15 is 0 Å². The quantitative estimate of drug-likeness (QED) is 0.409. The number of halogens is 2. The van der Waals surface area contributed by atoms with E-state index in [0.717, 1.165) is 37.0 Å². The Morgan fingerprint density at radius 3 is 2.17 bits per heavy atom. The summed E-state index contributed by atoms with van der Waals surface area (Å²) in [5, 5.41) is 3.47. The number of thiazole rings is 1. The van der Waals surface area contributed by atoms with E-state index in [-0.39, 0.29) is 23.0 Å². The summed E-state index contributed by atoms with van der Waals surface area (Å²) >= 11 is 1.10. The van der Waals surface area contributed by atoms with Crippen LogP contribution in [0.4, 0.5) is 13.9 Å². The summed E-state index contributed by atoms with van der Waals surface area (Å²) < 4.78 is 32.8. The Morgan fingerprint density at radius 1 is 1.03 bits per heavy atom. The first-order chi connectivity index (χ1) is 16.6. The molecule has 0 aliphatic heterocycles. The fraction of sp³-hybridized carbons (Fsp3) is 0.346. The molecule has 1 aromatic heterocycles. The molecule has 35 heavy (non-hydrogen) atoms. The highest BCUT2D eigenvalue weighted by Crippen LogP contribution is 2.41. The van der Waals surface area contributed by atoms with E-state index < -0.39 is 17.2 Å². The summed E-state index contributed by atoms with van der Waals surface area (Å²) in [6, 6.07) is 11.3. The van der Waals surface area contributed by atoms with E-state index in [2.05, 4.69) is 10.3 Å². The van der Waals surface area contributed by atoms with Crippen molar-refractivity contribution in [3.05, 3.63) is 60.2 Å². The molecule has 1 N–H and O–H groups in total. The Balaban J connectivity index is 1.63. The van der Waals surface area contributed by atoms with Gasteiger partial charge in [0.25, 0.3) is 5.91 Å². The van der Waals surface area contributed by atoms with Gasteiger partial charge in [-0.3, -0.25) is 14.9 Å². The second kappa shape index (κ2) is 10.1. The molecule has 9 heteroatoms. The Kier molecular flexibility index (Phi) is 7.16. The van der Waals surface area contributed by atoms with E-state index in [4.69, 9.17) is 4.74 Å². The minimum atomic E-state index is -1.10. The van der Waals surface area contributed by atoms with Crippen LogP contribution >= 0.6 is 11.3 Å². The highest BCUT2D eigenvalue weighted by atomic mass is 32.1. The van der Waals surface area contributed by atoms with Crippen LogP contribution in [0.2, 0.25) is 0 Å². The lowest BCUT2D eigenvalue weighted by molar-refractivity contribution is -0.145. The average molecular weight is 500 g/mol. The summed E-state index contributed by atoms with van der Waals surface area (Å²) in [6.07, 6.45) is 3.81. The lowest BCUT2D eigenvalue weighted by Crippen LogP contribution is -2.58. The largest absolute Gasteiger partial charge is 0.444 e. The van der Waals surface area contributed by atoms with Gasteiger partial charge in [-0.2, -0.15) is 0 Å². The van der Waals surface area contributed by atoms with Gasteiger partial charge >= 0.3 is 0 Å². The second-order valence-corrected chi connectivity index (χ2v) is 10.0. The maximum atomic E-state index is 13.5. The number of aromatic nitrogens is 1. The zero-order valence-electron chi connectivity index (χ0n) is 19.8. The van der Waals surface area contributed by atoms with Crippen molar-refractivity contribution in [2.24, 2.45) is 0 Å². The summed E-state index contributed by atoms with van der Waals surface area (Å²) in [7, 11) is 0. The van der Waals surface area contributed by atoms with Crippen LogP contribution in [0.1, 0.15) is 46.5 Å². The van der Waals surface area contributed by atoms with E-state index in [1.807, 2.05) is 0 Å². The van der Waals surface area contributed by atoms with Crippen molar-refractivity contribution in [2.45, 2.75) is 58.0 Å². The monoisotopic (exact) mass is 499 g/mol. The molecule has 0 radical (unpaired) electrons. The van der Waals surface area contributed by atoms with Gasteiger partial charge < -0.3 is 9.64 Å². The molecular formula is C26H27F2N3O3S. The van der Waals surface area contributed by atoms with Gasteiger partial charge in [-0.15, -0.1) is 0 Å². The highest BCUT2D eigenvalue weighted by molar-refractivity contribution is 7.18. The van der Waals surface area contributed by atoms with Gasteiger partial charge in [0.1, 0.15) is 28.6 Å². The number of carbonyl (C=O) groups is 2. The average Bonchev–Trinajstić information content (AvgIpc) is 3.46. The van der Waals surface area contributed by atoms with Crippen LogP contribution in [0, 0.1) is 11.6 Å². The zero-order valence-corrected chi connectivity index (χ0v) is 20.6. The van der Waals surface area contributed by atoms with Gasteiger partial charge in [-0.05, 0) is 75.2 Å². The number of hydrogen-bond donors (Lipinski definition) is 1. The SMILES string of the molecule is CC(=O)N(C1CCCC1)C(C)(C)C(=O)Nc1nc(-c2ccc(F)cc2)c(Oc2ccc(F)cc2)s1. The normalized spacial score (nSPS) is 14.1. The fourth-order valence-electron chi connectivity index (χ4n) is 4.46. The van der Waals surface area contributed by atoms with Crippen LogP contribution in [0.25, 0.3) is 11.3 Å². The smallest absolute Gasteiger partial charge is 0.251 e. The molecule has 1 heterocycles. The number of nitrogens with one attached hydrogen (secondary N) is 1. The minimum absolute atomic E-state index is 0.0247. The third kappa shape index (κ3) is 5.51. The molecule has 1 aliphatic carbocycles. The third-order valence-corrected chi connectivity index (χ3v) is 6.99. The van der Waals surface area contributed by atoms with Gasteiger partial charge in [0.15, 0.2) is 5.13 Å². The molecule has 3 aromatic rings. The number of benzene rings is 2. The summed E-state index contributed by atoms with van der Waals surface area (Å²) in [4.78, 5) is 32.1. The minimum Gasteiger partial charge on any atom is -0.444 e. The van der Waals surface area contributed by atoms with Gasteiger partial charge in [0, 0.05) is 18.5 Å².